The van der Waals surface area contributed by atoms with E-state index in [4.69, 9.17) is 10.3 Å². The predicted molar refractivity (Wildman–Crippen MR) is 143 cm³/mol. The Kier molecular flexibility index (Phi) is 8.59. The van der Waals surface area contributed by atoms with Crippen LogP contribution in [0.3, 0.4) is 0 Å². The van der Waals surface area contributed by atoms with Gasteiger partial charge < -0.3 is 20.8 Å². The van der Waals surface area contributed by atoms with E-state index in [1.165, 1.54) is 0 Å². The van der Waals surface area contributed by atoms with Gasteiger partial charge in [0.1, 0.15) is 0 Å². The number of rotatable bonds is 9. The second-order valence-corrected chi connectivity index (χ2v) is 15.1. The molecule has 0 heterocycles. The molecule has 0 bridgehead atoms. The Morgan fingerprint density at radius 2 is 1.68 bits per heavy atom. The van der Waals surface area contributed by atoms with Crippen molar-refractivity contribution in [3.05, 3.63) is 0 Å². The van der Waals surface area contributed by atoms with Gasteiger partial charge in [0, 0.05) is 13.0 Å². The van der Waals surface area contributed by atoms with Crippen LogP contribution in [-0.2, 0) is 19.7 Å². The highest BCUT2D eigenvalue weighted by Crippen LogP contribution is 2.68. The van der Waals surface area contributed by atoms with Gasteiger partial charge in [-0.05, 0) is 104 Å². The minimum absolute atomic E-state index is 0.0971. The molecule has 10 atom stereocenters. The van der Waals surface area contributed by atoms with Gasteiger partial charge in [0.25, 0.3) is 10.1 Å². The summed E-state index contributed by atoms with van der Waals surface area (Å²) in [5, 5.41) is 21.7. The number of primary amides is 1. The van der Waals surface area contributed by atoms with Crippen LogP contribution in [0.25, 0.3) is 0 Å². The molecule has 0 aromatic carbocycles. The maximum atomic E-state index is 12.9. The zero-order valence-corrected chi connectivity index (χ0v) is 24.0. The minimum atomic E-state index is -4.26. The van der Waals surface area contributed by atoms with Crippen molar-refractivity contribution in [2.45, 2.75) is 97.2 Å². The minimum Gasteiger partial charge on any atom is -0.393 e. The average Bonchev–Trinajstić information content (AvgIpc) is 3.17. The van der Waals surface area contributed by atoms with Crippen LogP contribution in [0.15, 0.2) is 0 Å². The van der Waals surface area contributed by atoms with Crippen LogP contribution in [0, 0.1) is 46.3 Å². The Balaban J connectivity index is 1.41. The topological polar surface area (TPSA) is 158 Å². The first-order valence-corrected chi connectivity index (χ1v) is 16.1. The molecule has 0 aliphatic heterocycles. The summed E-state index contributed by atoms with van der Waals surface area (Å²) in [7, 11) is -4.26. The number of carbonyl (C=O) groups is 2. The fourth-order valence-electron chi connectivity index (χ4n) is 9.59. The van der Waals surface area contributed by atoms with Crippen LogP contribution >= 0.6 is 0 Å². The van der Waals surface area contributed by atoms with E-state index >= 15 is 0 Å². The number of hydrogen-bond donors (Lipinski definition) is 4. The number of nitrogens with zero attached hydrogens (tertiary/aromatic N) is 1. The van der Waals surface area contributed by atoms with Crippen molar-refractivity contribution in [2.24, 2.45) is 52.1 Å². The maximum Gasteiger partial charge on any atom is 0.266 e. The lowest BCUT2D eigenvalue weighted by molar-refractivity contribution is -0.174. The Morgan fingerprint density at radius 1 is 1.03 bits per heavy atom. The van der Waals surface area contributed by atoms with Crippen molar-refractivity contribution >= 4 is 21.9 Å². The first kappa shape index (κ1) is 29.7. The first-order chi connectivity index (χ1) is 17.7. The third-order valence-corrected chi connectivity index (χ3v) is 12.2. The van der Waals surface area contributed by atoms with Gasteiger partial charge in [-0.15, -0.1) is 0 Å². The molecular formula is C28H48N2O7S. The zero-order chi connectivity index (χ0) is 28.0. The summed E-state index contributed by atoms with van der Waals surface area (Å²) in [6, 6.07) is 0. The second-order valence-electron chi connectivity index (χ2n) is 13.5. The van der Waals surface area contributed by atoms with Crippen molar-refractivity contribution in [2.75, 3.05) is 18.8 Å². The molecule has 218 valence electrons. The number of amides is 2. The third kappa shape index (κ3) is 5.79. The molecule has 4 rings (SSSR count). The predicted octanol–water partition coefficient (Wildman–Crippen LogP) is 2.60. The first-order valence-electron chi connectivity index (χ1n) is 14.5. The van der Waals surface area contributed by atoms with Crippen molar-refractivity contribution in [3.8, 4) is 0 Å². The van der Waals surface area contributed by atoms with E-state index in [2.05, 4.69) is 20.8 Å². The van der Waals surface area contributed by atoms with E-state index in [9.17, 15) is 28.2 Å². The molecule has 0 unspecified atom stereocenters. The summed E-state index contributed by atoms with van der Waals surface area (Å²) >= 11 is 0. The number of aliphatic hydroxyl groups is 2. The van der Waals surface area contributed by atoms with E-state index in [0.29, 0.717) is 30.1 Å². The Hall–Kier alpha value is -1.23. The van der Waals surface area contributed by atoms with Gasteiger partial charge in [-0.1, -0.05) is 20.8 Å². The molecular weight excluding hydrogens is 508 g/mol. The molecule has 2 amide bonds. The molecule has 0 saturated heterocycles. The largest absolute Gasteiger partial charge is 0.393 e. The molecule has 0 radical (unpaired) electrons. The van der Waals surface area contributed by atoms with Crippen molar-refractivity contribution in [1.82, 2.24) is 4.90 Å². The van der Waals surface area contributed by atoms with Crippen LogP contribution in [0.2, 0.25) is 0 Å². The summed E-state index contributed by atoms with van der Waals surface area (Å²) in [4.78, 5) is 25.5. The highest BCUT2D eigenvalue weighted by atomic mass is 32.2. The van der Waals surface area contributed by atoms with E-state index in [1.54, 1.807) is 0 Å². The molecule has 5 N–H and O–H groups in total. The van der Waals surface area contributed by atoms with Gasteiger partial charge in [-0.25, -0.2) is 0 Å². The van der Waals surface area contributed by atoms with Gasteiger partial charge in [0.05, 0.1) is 24.5 Å². The smallest absolute Gasteiger partial charge is 0.266 e. The van der Waals surface area contributed by atoms with Gasteiger partial charge in [0.15, 0.2) is 0 Å². The van der Waals surface area contributed by atoms with E-state index < -0.39 is 21.8 Å². The average molecular weight is 557 g/mol. The van der Waals surface area contributed by atoms with Crippen LogP contribution in [0.4, 0.5) is 0 Å². The van der Waals surface area contributed by atoms with Crippen LogP contribution in [-0.4, -0.2) is 70.9 Å². The van der Waals surface area contributed by atoms with E-state index in [-0.39, 0.29) is 60.3 Å². The fraction of sp³-hybridized carbons (Fsp3) is 0.929. The molecule has 9 nitrogen and oxygen atoms in total. The van der Waals surface area contributed by atoms with Gasteiger partial charge in [0.2, 0.25) is 11.8 Å². The van der Waals surface area contributed by atoms with E-state index in [0.717, 1.165) is 56.3 Å². The monoisotopic (exact) mass is 556 g/mol. The lowest BCUT2D eigenvalue weighted by Gasteiger charge is -2.62. The number of hydrogen-bond acceptors (Lipinski definition) is 6. The molecule has 4 fully saturated rings. The number of aliphatic hydroxyl groups excluding tert-OH is 2. The van der Waals surface area contributed by atoms with Gasteiger partial charge in [-0.2, -0.15) is 8.42 Å². The van der Waals surface area contributed by atoms with Crippen LogP contribution < -0.4 is 5.73 Å². The van der Waals surface area contributed by atoms with Crippen molar-refractivity contribution in [1.29, 1.82) is 0 Å². The summed E-state index contributed by atoms with van der Waals surface area (Å²) in [6.45, 7) is 6.35. The van der Waals surface area contributed by atoms with Crippen molar-refractivity contribution in [3.63, 3.8) is 0 Å². The lowest BCUT2D eigenvalue weighted by atomic mass is 9.43. The molecule has 0 aromatic rings. The molecule has 0 aromatic heterocycles. The SMILES string of the molecule is C[C@H](CCC(=O)N(CCS(=O)(=O)O)CC(N)=O)[C@H]1CC[C@H]2[C@@H]3[C@@H](O)C[C@@H]4C[C@H](O)CC[C@]4(C)[C@H]3CC[C@]12C. The number of nitrogens with two attached hydrogens (primary N) is 1. The Labute approximate surface area is 227 Å². The molecule has 4 aliphatic carbocycles. The molecule has 10 heteroatoms. The standard InChI is InChI=1S/C28H48N2O7S/c1-17(4-7-25(34)30(16-24(29)33)12-13-38(35,36)37)20-5-6-21-26-22(9-11-28(20,21)3)27(2)10-8-19(31)14-18(27)15-23(26)32/h17-23,26,31-32H,4-16H2,1-3H3,(H2,29,33)(H,35,36,37)/t17-,18+,19-,20-,21+,22+,23+,26+,27+,28-/m1/s1. The normalized spacial score (nSPS) is 41.5. The Morgan fingerprint density at radius 3 is 2.34 bits per heavy atom. The highest BCUT2D eigenvalue weighted by Gasteiger charge is 2.62. The zero-order valence-electron chi connectivity index (χ0n) is 23.2. The number of fused-ring (bicyclic) bond motifs is 5. The van der Waals surface area contributed by atoms with Gasteiger partial charge in [-0.3, -0.25) is 14.1 Å². The molecule has 0 spiro atoms. The van der Waals surface area contributed by atoms with Gasteiger partial charge >= 0.3 is 0 Å². The summed E-state index contributed by atoms with van der Waals surface area (Å²) < 4.78 is 31.4. The Bertz CT molecular complexity index is 1010. The summed E-state index contributed by atoms with van der Waals surface area (Å²) in [6.07, 6.45) is 8.11. The maximum absolute atomic E-state index is 12.9. The lowest BCUT2D eigenvalue weighted by Crippen LogP contribution is -2.58. The highest BCUT2D eigenvalue weighted by molar-refractivity contribution is 7.85. The second kappa shape index (κ2) is 11.0. The summed E-state index contributed by atoms with van der Waals surface area (Å²) in [5.74, 6) is 0.614. The van der Waals surface area contributed by atoms with Crippen LogP contribution in [0.1, 0.15) is 85.0 Å². The van der Waals surface area contributed by atoms with E-state index in [1.807, 2.05) is 0 Å². The van der Waals surface area contributed by atoms with Crippen LogP contribution in [0.5, 0.6) is 0 Å². The number of carbonyl (C=O) groups excluding carboxylic acids is 2. The molecule has 38 heavy (non-hydrogen) atoms. The van der Waals surface area contributed by atoms with Crippen molar-refractivity contribution < 1.29 is 32.8 Å². The fourth-order valence-corrected chi connectivity index (χ4v) is 10.0. The quantitative estimate of drug-likeness (QED) is 0.318. The molecule has 4 aliphatic rings. The summed E-state index contributed by atoms with van der Waals surface area (Å²) in [5.41, 5.74) is 5.54. The third-order valence-electron chi connectivity index (χ3n) is 11.5. The molecule has 4 saturated carbocycles.